The Morgan fingerprint density at radius 1 is 0.947 bits per heavy atom. The van der Waals surface area contributed by atoms with Crippen molar-refractivity contribution < 1.29 is 17.9 Å². The monoisotopic (exact) mass is 267 g/mol. The summed E-state index contributed by atoms with van der Waals surface area (Å²) in [6.07, 6.45) is -4.68. The molecule has 0 spiro atoms. The average molecular weight is 267 g/mol. The van der Waals surface area contributed by atoms with Crippen LogP contribution in [0, 0.1) is 0 Å². The number of anilines is 1. The topological polar surface area (TPSA) is 21.3 Å². The number of benzene rings is 2. The highest BCUT2D eigenvalue weighted by atomic mass is 19.4. The first-order chi connectivity index (χ1) is 8.98. The van der Waals surface area contributed by atoms with E-state index in [1.165, 1.54) is 18.2 Å². The fourth-order valence-electron chi connectivity index (χ4n) is 1.73. The molecular weight excluding hydrogens is 255 g/mol. The molecule has 0 radical (unpaired) electrons. The summed E-state index contributed by atoms with van der Waals surface area (Å²) in [5.74, 6) is -0.222. The second-order valence-electron chi connectivity index (χ2n) is 3.91. The van der Waals surface area contributed by atoms with E-state index in [0.29, 0.717) is 5.56 Å². The summed E-state index contributed by atoms with van der Waals surface area (Å²) < 4.78 is 40.4. The van der Waals surface area contributed by atoms with Crippen LogP contribution in [0.2, 0.25) is 0 Å². The third-order valence-electron chi connectivity index (χ3n) is 2.55. The second-order valence-corrected chi connectivity index (χ2v) is 3.91. The molecule has 5 heteroatoms. The maximum Gasteiger partial charge on any atom is 0.573 e. The molecule has 0 unspecified atom stereocenters. The van der Waals surface area contributed by atoms with Crippen molar-refractivity contribution in [3.63, 3.8) is 0 Å². The quantitative estimate of drug-likeness (QED) is 0.895. The minimum atomic E-state index is -4.68. The maximum absolute atomic E-state index is 12.2. The first kappa shape index (κ1) is 13.3. The lowest BCUT2D eigenvalue weighted by Gasteiger charge is -2.10. The molecule has 19 heavy (non-hydrogen) atoms. The molecule has 0 heterocycles. The van der Waals surface area contributed by atoms with Crippen molar-refractivity contribution in [2.75, 3.05) is 12.4 Å². The number of halogens is 3. The van der Waals surface area contributed by atoms with E-state index in [0.717, 1.165) is 11.3 Å². The van der Waals surface area contributed by atoms with Crippen molar-refractivity contribution in [2.45, 2.75) is 6.36 Å². The first-order valence-electron chi connectivity index (χ1n) is 5.62. The van der Waals surface area contributed by atoms with Gasteiger partial charge in [0.05, 0.1) is 0 Å². The zero-order chi connectivity index (χ0) is 13.9. The molecule has 2 aromatic carbocycles. The van der Waals surface area contributed by atoms with Gasteiger partial charge in [0.25, 0.3) is 0 Å². The highest BCUT2D eigenvalue weighted by Gasteiger charge is 2.31. The zero-order valence-electron chi connectivity index (χ0n) is 10.2. The van der Waals surface area contributed by atoms with Crippen molar-refractivity contribution in [2.24, 2.45) is 0 Å². The van der Waals surface area contributed by atoms with Gasteiger partial charge >= 0.3 is 6.36 Å². The number of hydrogen-bond acceptors (Lipinski definition) is 2. The van der Waals surface area contributed by atoms with Crippen LogP contribution in [0.3, 0.4) is 0 Å². The van der Waals surface area contributed by atoms with E-state index < -0.39 is 6.36 Å². The summed E-state index contributed by atoms with van der Waals surface area (Å²) >= 11 is 0. The summed E-state index contributed by atoms with van der Waals surface area (Å²) in [4.78, 5) is 0. The maximum atomic E-state index is 12.2. The number of alkyl halides is 3. The summed E-state index contributed by atoms with van der Waals surface area (Å²) in [7, 11) is 1.78. The van der Waals surface area contributed by atoms with Gasteiger partial charge in [0.1, 0.15) is 5.75 Å². The Labute approximate surface area is 108 Å². The fourth-order valence-corrected chi connectivity index (χ4v) is 1.73. The van der Waals surface area contributed by atoms with Gasteiger partial charge in [0.15, 0.2) is 0 Å². The molecule has 0 aliphatic carbocycles. The standard InChI is InChI=1S/C14H12F3NO/c1-18-12-6-2-4-10(8-12)11-5-3-7-13(9-11)19-14(15,16)17/h2-9,18H,1H3. The number of ether oxygens (including phenoxy) is 1. The van der Waals surface area contributed by atoms with E-state index in [1.54, 1.807) is 13.1 Å². The van der Waals surface area contributed by atoms with Crippen molar-refractivity contribution in [3.05, 3.63) is 48.5 Å². The van der Waals surface area contributed by atoms with E-state index in [2.05, 4.69) is 10.1 Å². The van der Waals surface area contributed by atoms with Crippen molar-refractivity contribution in [1.29, 1.82) is 0 Å². The molecule has 1 N–H and O–H groups in total. The highest BCUT2D eigenvalue weighted by molar-refractivity contribution is 5.69. The highest BCUT2D eigenvalue weighted by Crippen LogP contribution is 2.28. The second kappa shape index (κ2) is 5.22. The molecule has 0 amide bonds. The molecule has 2 rings (SSSR count). The molecule has 0 fully saturated rings. The van der Waals surface area contributed by atoms with E-state index in [9.17, 15) is 13.2 Å². The predicted octanol–water partition coefficient (Wildman–Crippen LogP) is 4.29. The lowest BCUT2D eigenvalue weighted by molar-refractivity contribution is -0.274. The zero-order valence-corrected chi connectivity index (χ0v) is 10.2. The average Bonchev–Trinajstić information content (AvgIpc) is 2.37. The number of hydrogen-bond donors (Lipinski definition) is 1. The van der Waals surface area contributed by atoms with Gasteiger partial charge in [-0.3, -0.25) is 0 Å². The van der Waals surface area contributed by atoms with E-state index in [-0.39, 0.29) is 5.75 Å². The largest absolute Gasteiger partial charge is 0.573 e. The molecule has 0 saturated carbocycles. The normalized spacial score (nSPS) is 11.2. The molecule has 0 aliphatic heterocycles. The van der Waals surface area contributed by atoms with Crippen LogP contribution in [0.1, 0.15) is 0 Å². The van der Waals surface area contributed by atoms with Crippen molar-refractivity contribution in [3.8, 4) is 16.9 Å². The predicted molar refractivity (Wildman–Crippen MR) is 68.1 cm³/mol. The van der Waals surface area contributed by atoms with Gasteiger partial charge in [-0.1, -0.05) is 24.3 Å². The van der Waals surface area contributed by atoms with Gasteiger partial charge in [-0.25, -0.2) is 0 Å². The van der Waals surface area contributed by atoms with Crippen LogP contribution in [0.25, 0.3) is 11.1 Å². The molecule has 0 aliphatic rings. The minimum Gasteiger partial charge on any atom is -0.406 e. The molecule has 0 aromatic heterocycles. The third kappa shape index (κ3) is 3.64. The Morgan fingerprint density at radius 2 is 1.58 bits per heavy atom. The van der Waals surface area contributed by atoms with E-state index in [4.69, 9.17) is 0 Å². The number of nitrogens with one attached hydrogen (secondary N) is 1. The number of rotatable bonds is 3. The summed E-state index contributed by atoms with van der Waals surface area (Å²) in [5.41, 5.74) is 2.37. The Balaban J connectivity index is 2.32. The lowest BCUT2D eigenvalue weighted by atomic mass is 10.0. The van der Waals surface area contributed by atoms with Gasteiger partial charge < -0.3 is 10.1 Å². The smallest absolute Gasteiger partial charge is 0.406 e. The Hall–Kier alpha value is -2.17. The summed E-state index contributed by atoms with van der Waals surface area (Å²) in [5, 5.41) is 2.98. The van der Waals surface area contributed by atoms with Crippen LogP contribution in [-0.2, 0) is 0 Å². The molecule has 0 atom stereocenters. The minimum absolute atomic E-state index is 0.222. The molecule has 0 bridgehead atoms. The van der Waals surface area contributed by atoms with Crippen molar-refractivity contribution in [1.82, 2.24) is 0 Å². The van der Waals surface area contributed by atoms with Gasteiger partial charge in [-0.2, -0.15) is 0 Å². The molecule has 2 aromatic rings. The lowest BCUT2D eigenvalue weighted by Crippen LogP contribution is -2.17. The van der Waals surface area contributed by atoms with Crippen LogP contribution in [0.15, 0.2) is 48.5 Å². The molecular formula is C14H12F3NO. The van der Waals surface area contributed by atoms with Crippen LogP contribution >= 0.6 is 0 Å². The van der Waals surface area contributed by atoms with Crippen LogP contribution in [-0.4, -0.2) is 13.4 Å². The first-order valence-corrected chi connectivity index (χ1v) is 5.62. The van der Waals surface area contributed by atoms with Crippen molar-refractivity contribution >= 4 is 5.69 Å². The summed E-state index contributed by atoms with van der Waals surface area (Å²) in [6, 6.07) is 13.3. The van der Waals surface area contributed by atoms with Crippen LogP contribution < -0.4 is 10.1 Å². The van der Waals surface area contributed by atoms with Gasteiger partial charge in [0.2, 0.25) is 0 Å². The Kier molecular flexibility index (Phi) is 3.64. The van der Waals surface area contributed by atoms with Gasteiger partial charge in [0, 0.05) is 12.7 Å². The Morgan fingerprint density at radius 3 is 2.21 bits per heavy atom. The van der Waals surface area contributed by atoms with Gasteiger partial charge in [-0.05, 0) is 35.4 Å². The van der Waals surface area contributed by atoms with Crippen LogP contribution in [0.5, 0.6) is 5.75 Å². The van der Waals surface area contributed by atoms with E-state index >= 15 is 0 Å². The molecule has 2 nitrogen and oxygen atoms in total. The Bertz CT molecular complexity index is 567. The third-order valence-corrected chi connectivity index (χ3v) is 2.55. The van der Waals surface area contributed by atoms with Crippen LogP contribution in [0.4, 0.5) is 18.9 Å². The van der Waals surface area contributed by atoms with E-state index in [1.807, 2.05) is 24.3 Å². The molecule has 100 valence electrons. The molecule has 0 saturated heterocycles. The fraction of sp³-hybridized carbons (Fsp3) is 0.143. The SMILES string of the molecule is CNc1cccc(-c2cccc(OC(F)(F)F)c2)c1. The van der Waals surface area contributed by atoms with Gasteiger partial charge in [-0.15, -0.1) is 13.2 Å². The summed E-state index contributed by atoms with van der Waals surface area (Å²) in [6.45, 7) is 0.